The lowest BCUT2D eigenvalue weighted by Gasteiger charge is -2.31. The number of anilines is 3. The summed E-state index contributed by atoms with van der Waals surface area (Å²) in [6.07, 6.45) is 1.70. The van der Waals surface area contributed by atoms with Crippen LogP contribution in [0, 0.1) is 5.82 Å². The Morgan fingerprint density at radius 2 is 1.68 bits per heavy atom. The van der Waals surface area contributed by atoms with E-state index in [-0.39, 0.29) is 23.9 Å². The SMILES string of the molecule is CCCC1(CC(=O)OC(C)(C)C)Nc2ccc(N(Cc3ccccc3)C(=O)c3cccc(F)c3)cc2N1. The largest absolute Gasteiger partial charge is 0.460 e. The average molecular weight is 504 g/mol. The molecule has 3 aromatic rings. The normalized spacial score (nSPS) is 16.4. The molecule has 4 rings (SSSR count). The van der Waals surface area contributed by atoms with Gasteiger partial charge in [-0.25, -0.2) is 4.39 Å². The number of carbonyl (C=O) groups is 2. The van der Waals surface area contributed by atoms with Crippen molar-refractivity contribution in [3.05, 3.63) is 89.7 Å². The zero-order chi connectivity index (χ0) is 26.6. The predicted octanol–water partition coefficient (Wildman–Crippen LogP) is 6.74. The lowest BCUT2D eigenvalue weighted by atomic mass is 10.0. The number of halogens is 1. The highest BCUT2D eigenvalue weighted by Crippen LogP contribution is 2.41. The second-order valence-electron chi connectivity index (χ2n) is 10.5. The predicted molar refractivity (Wildman–Crippen MR) is 145 cm³/mol. The number of nitrogens with one attached hydrogen (secondary N) is 2. The van der Waals surface area contributed by atoms with Gasteiger partial charge in [-0.3, -0.25) is 9.59 Å². The molecule has 1 heterocycles. The molecule has 0 fully saturated rings. The van der Waals surface area contributed by atoms with Crippen molar-refractivity contribution < 1.29 is 18.7 Å². The van der Waals surface area contributed by atoms with Gasteiger partial charge in [0.05, 0.1) is 24.3 Å². The minimum absolute atomic E-state index is 0.151. The molecule has 0 aromatic heterocycles. The third kappa shape index (κ3) is 6.47. The molecule has 1 amide bonds. The van der Waals surface area contributed by atoms with Gasteiger partial charge in [-0.15, -0.1) is 0 Å². The molecule has 3 aromatic carbocycles. The number of esters is 1. The zero-order valence-corrected chi connectivity index (χ0v) is 21.8. The van der Waals surface area contributed by atoms with Crippen molar-refractivity contribution in [2.45, 2.75) is 64.8 Å². The number of carbonyl (C=O) groups excluding carboxylic acids is 2. The van der Waals surface area contributed by atoms with Crippen LogP contribution in [0.25, 0.3) is 0 Å². The van der Waals surface area contributed by atoms with Crippen molar-refractivity contribution in [2.24, 2.45) is 0 Å². The van der Waals surface area contributed by atoms with Crippen LogP contribution in [-0.2, 0) is 16.1 Å². The molecule has 0 bridgehead atoms. The second-order valence-corrected chi connectivity index (χ2v) is 10.5. The van der Waals surface area contributed by atoms with Gasteiger partial charge in [-0.05, 0) is 69.2 Å². The minimum Gasteiger partial charge on any atom is -0.460 e. The molecule has 1 aliphatic heterocycles. The molecular formula is C30H34FN3O3. The van der Waals surface area contributed by atoms with Gasteiger partial charge in [-0.2, -0.15) is 0 Å². The summed E-state index contributed by atoms with van der Waals surface area (Å²) in [5, 5.41) is 6.99. The Morgan fingerprint density at radius 1 is 0.946 bits per heavy atom. The summed E-state index contributed by atoms with van der Waals surface area (Å²) in [5.41, 5.74) is 2.26. The Morgan fingerprint density at radius 3 is 2.35 bits per heavy atom. The Kier molecular flexibility index (Phi) is 7.52. The van der Waals surface area contributed by atoms with Crippen molar-refractivity contribution in [1.82, 2.24) is 0 Å². The summed E-state index contributed by atoms with van der Waals surface area (Å²) < 4.78 is 19.5. The summed E-state index contributed by atoms with van der Waals surface area (Å²) >= 11 is 0. The molecule has 6 nitrogen and oxygen atoms in total. The van der Waals surface area contributed by atoms with Gasteiger partial charge in [0.2, 0.25) is 0 Å². The van der Waals surface area contributed by atoms with E-state index in [1.54, 1.807) is 11.0 Å². The van der Waals surface area contributed by atoms with E-state index in [1.807, 2.05) is 69.3 Å². The van der Waals surface area contributed by atoms with E-state index in [9.17, 15) is 14.0 Å². The maximum Gasteiger partial charge on any atom is 0.310 e. The molecule has 37 heavy (non-hydrogen) atoms. The molecule has 0 aliphatic carbocycles. The van der Waals surface area contributed by atoms with E-state index in [2.05, 4.69) is 17.6 Å². The van der Waals surface area contributed by atoms with E-state index < -0.39 is 17.1 Å². The molecule has 0 spiro atoms. The monoisotopic (exact) mass is 503 g/mol. The Labute approximate surface area is 217 Å². The van der Waals surface area contributed by atoms with Crippen molar-refractivity contribution >= 4 is 28.9 Å². The lowest BCUT2D eigenvalue weighted by Crippen LogP contribution is -2.45. The van der Waals surface area contributed by atoms with Crippen LogP contribution >= 0.6 is 0 Å². The number of amides is 1. The van der Waals surface area contributed by atoms with E-state index in [4.69, 9.17) is 4.74 Å². The number of benzene rings is 3. The number of hydrogen-bond acceptors (Lipinski definition) is 5. The second kappa shape index (κ2) is 10.6. The molecule has 0 saturated carbocycles. The minimum atomic E-state index is -0.686. The topological polar surface area (TPSA) is 70.7 Å². The maximum absolute atomic E-state index is 13.9. The van der Waals surface area contributed by atoms with Crippen LogP contribution in [0.15, 0.2) is 72.8 Å². The third-order valence-electron chi connectivity index (χ3n) is 6.11. The number of rotatable bonds is 8. The summed E-state index contributed by atoms with van der Waals surface area (Å²) in [6, 6.07) is 21.1. The Balaban J connectivity index is 1.65. The number of ether oxygens (including phenoxy) is 1. The average Bonchev–Trinajstić information content (AvgIpc) is 3.18. The van der Waals surface area contributed by atoms with E-state index in [0.717, 1.165) is 23.4 Å². The zero-order valence-electron chi connectivity index (χ0n) is 21.8. The summed E-state index contributed by atoms with van der Waals surface area (Å²) in [6.45, 7) is 7.94. The van der Waals surface area contributed by atoms with Crippen molar-refractivity contribution in [2.75, 3.05) is 15.5 Å². The lowest BCUT2D eigenvalue weighted by molar-refractivity contribution is -0.155. The van der Waals surface area contributed by atoms with Crippen LogP contribution in [0.4, 0.5) is 21.5 Å². The van der Waals surface area contributed by atoms with Gasteiger partial charge < -0.3 is 20.3 Å². The van der Waals surface area contributed by atoms with Crippen LogP contribution in [0.2, 0.25) is 0 Å². The molecule has 2 N–H and O–H groups in total. The van der Waals surface area contributed by atoms with Gasteiger partial charge in [-0.1, -0.05) is 49.7 Å². The molecule has 0 saturated heterocycles. The maximum atomic E-state index is 13.9. The fourth-order valence-corrected chi connectivity index (χ4v) is 4.64. The molecule has 1 unspecified atom stereocenters. The summed E-state index contributed by atoms with van der Waals surface area (Å²) in [5.74, 6) is -1.05. The van der Waals surface area contributed by atoms with Gasteiger partial charge in [0.25, 0.3) is 5.91 Å². The highest BCUT2D eigenvalue weighted by atomic mass is 19.1. The first-order chi connectivity index (χ1) is 17.6. The Bertz CT molecular complexity index is 1270. The molecule has 0 radical (unpaired) electrons. The molecule has 1 atom stereocenters. The summed E-state index contributed by atoms with van der Waals surface area (Å²) in [4.78, 5) is 27.9. The quantitative estimate of drug-likeness (QED) is 0.333. The first kappa shape index (κ1) is 26.2. The van der Waals surface area contributed by atoms with E-state index in [0.29, 0.717) is 18.7 Å². The fourth-order valence-electron chi connectivity index (χ4n) is 4.64. The standard InChI is InChI=1S/C30H34FN3O3/c1-5-16-30(19-27(35)37-29(2,3)4)32-25-15-14-24(18-26(25)33-30)34(20-21-10-7-6-8-11-21)28(36)22-12-9-13-23(31)17-22/h6-15,17-18,32-33H,5,16,19-20H2,1-4H3. The smallest absolute Gasteiger partial charge is 0.310 e. The van der Waals surface area contributed by atoms with E-state index in [1.165, 1.54) is 18.2 Å². The number of fused-ring (bicyclic) bond motifs is 1. The Hall–Kier alpha value is -3.87. The van der Waals surface area contributed by atoms with Gasteiger partial charge in [0.1, 0.15) is 17.1 Å². The van der Waals surface area contributed by atoms with Gasteiger partial charge in [0.15, 0.2) is 0 Å². The molecule has 194 valence electrons. The van der Waals surface area contributed by atoms with Gasteiger partial charge in [0, 0.05) is 11.3 Å². The van der Waals surface area contributed by atoms with Crippen LogP contribution in [0.5, 0.6) is 0 Å². The number of nitrogens with zero attached hydrogens (tertiary/aromatic N) is 1. The van der Waals surface area contributed by atoms with Crippen molar-refractivity contribution in [1.29, 1.82) is 0 Å². The van der Waals surface area contributed by atoms with E-state index >= 15 is 0 Å². The molecular weight excluding hydrogens is 469 g/mol. The van der Waals surface area contributed by atoms with Crippen molar-refractivity contribution in [3.63, 3.8) is 0 Å². The first-order valence-electron chi connectivity index (χ1n) is 12.6. The molecule has 1 aliphatic rings. The third-order valence-corrected chi connectivity index (χ3v) is 6.11. The van der Waals surface area contributed by atoms with Crippen molar-refractivity contribution in [3.8, 4) is 0 Å². The fraction of sp³-hybridized carbons (Fsp3) is 0.333. The number of hydrogen-bond donors (Lipinski definition) is 2. The first-order valence-corrected chi connectivity index (χ1v) is 12.6. The van der Waals surface area contributed by atoms with Crippen LogP contribution in [-0.4, -0.2) is 23.1 Å². The highest BCUT2D eigenvalue weighted by molar-refractivity contribution is 6.06. The highest BCUT2D eigenvalue weighted by Gasteiger charge is 2.39. The van der Waals surface area contributed by atoms with Gasteiger partial charge >= 0.3 is 5.97 Å². The summed E-state index contributed by atoms with van der Waals surface area (Å²) in [7, 11) is 0. The van der Waals surface area contributed by atoms with Crippen LogP contribution in [0.1, 0.15) is 62.9 Å². The van der Waals surface area contributed by atoms with Crippen LogP contribution in [0.3, 0.4) is 0 Å². The molecule has 7 heteroatoms. The van der Waals surface area contributed by atoms with Crippen LogP contribution < -0.4 is 15.5 Å².